The van der Waals surface area contributed by atoms with Gasteiger partial charge in [-0.1, -0.05) is 18.0 Å². The number of rotatable bonds is 3. The van der Waals surface area contributed by atoms with Gasteiger partial charge >= 0.3 is 12.0 Å². The van der Waals surface area contributed by atoms with Gasteiger partial charge in [0.2, 0.25) is 0 Å². The highest BCUT2D eigenvalue weighted by Gasteiger charge is 2.55. The second kappa shape index (κ2) is 5.33. The Morgan fingerprint density at radius 2 is 2.33 bits per heavy atom. The van der Waals surface area contributed by atoms with Crippen molar-refractivity contribution in [2.24, 2.45) is 11.3 Å². The second-order valence-electron chi connectivity index (χ2n) is 5.65. The summed E-state index contributed by atoms with van der Waals surface area (Å²) >= 11 is 6.21. The number of hydrogen-bond acceptors (Lipinski definition) is 6. The van der Waals surface area contributed by atoms with Crippen LogP contribution in [0.1, 0.15) is 19.3 Å². The number of esters is 1. The molecule has 1 saturated carbocycles. The molecule has 1 aliphatic carbocycles. The fourth-order valence-electron chi connectivity index (χ4n) is 3.65. The smallest absolute Gasteiger partial charge is 0.318 e. The monoisotopic (exact) mass is 311 g/mol. The van der Waals surface area contributed by atoms with Gasteiger partial charge in [0.15, 0.2) is 5.82 Å². The molecule has 6 nitrogen and oxygen atoms in total. The lowest BCUT2D eigenvalue weighted by Gasteiger charge is -2.25. The van der Waals surface area contributed by atoms with Crippen molar-refractivity contribution in [3.8, 4) is 6.01 Å². The molecule has 2 heterocycles. The zero-order chi connectivity index (χ0) is 15.0. The van der Waals surface area contributed by atoms with Gasteiger partial charge in [0.1, 0.15) is 5.02 Å². The van der Waals surface area contributed by atoms with E-state index in [4.69, 9.17) is 21.1 Å². The lowest BCUT2D eigenvalue weighted by Crippen LogP contribution is -2.37. The number of methoxy groups -OCH3 is 2. The van der Waals surface area contributed by atoms with Crippen molar-refractivity contribution in [1.82, 2.24) is 9.97 Å². The van der Waals surface area contributed by atoms with Crippen molar-refractivity contribution in [2.75, 3.05) is 32.2 Å². The van der Waals surface area contributed by atoms with Crippen molar-refractivity contribution >= 4 is 23.4 Å². The van der Waals surface area contributed by atoms with Crippen LogP contribution in [0.4, 0.5) is 5.82 Å². The van der Waals surface area contributed by atoms with Gasteiger partial charge in [0.25, 0.3) is 0 Å². The van der Waals surface area contributed by atoms with Gasteiger partial charge in [-0.15, -0.1) is 0 Å². The highest BCUT2D eigenvalue weighted by Crippen LogP contribution is 2.50. The summed E-state index contributed by atoms with van der Waals surface area (Å²) in [5, 5.41) is 0.468. The molecule has 0 N–H and O–H groups in total. The first-order valence-corrected chi connectivity index (χ1v) is 7.38. The zero-order valence-corrected chi connectivity index (χ0v) is 12.9. The third kappa shape index (κ3) is 2.21. The highest BCUT2D eigenvalue weighted by atomic mass is 35.5. The fourth-order valence-corrected chi connectivity index (χ4v) is 3.86. The van der Waals surface area contributed by atoms with E-state index in [1.54, 1.807) is 0 Å². The first kappa shape index (κ1) is 14.4. The lowest BCUT2D eigenvalue weighted by atomic mass is 9.81. The average molecular weight is 312 g/mol. The molecule has 2 atom stereocenters. The molecule has 0 bridgehead atoms. The van der Waals surface area contributed by atoms with Crippen molar-refractivity contribution in [3.63, 3.8) is 0 Å². The Balaban J connectivity index is 1.91. The summed E-state index contributed by atoms with van der Waals surface area (Å²) in [6, 6.07) is 0.276. The minimum Gasteiger partial charge on any atom is -0.469 e. The molecular weight excluding hydrogens is 294 g/mol. The molecule has 0 amide bonds. The van der Waals surface area contributed by atoms with Gasteiger partial charge in [-0.2, -0.15) is 4.98 Å². The van der Waals surface area contributed by atoms with Crippen LogP contribution in [0.3, 0.4) is 0 Å². The molecule has 1 aromatic rings. The Kier molecular flexibility index (Phi) is 3.65. The number of carbonyl (C=O) groups excluding carboxylic acids is 1. The predicted molar refractivity (Wildman–Crippen MR) is 77.6 cm³/mol. The topological polar surface area (TPSA) is 64.5 Å². The van der Waals surface area contributed by atoms with E-state index in [0.29, 0.717) is 23.3 Å². The van der Waals surface area contributed by atoms with Gasteiger partial charge in [-0.05, 0) is 18.8 Å². The first-order valence-electron chi connectivity index (χ1n) is 7.00. The van der Waals surface area contributed by atoms with Crippen LogP contribution in [0, 0.1) is 11.3 Å². The van der Waals surface area contributed by atoms with E-state index in [1.807, 2.05) is 4.90 Å². The average Bonchev–Trinajstić information content (AvgIpc) is 3.04. The van der Waals surface area contributed by atoms with Crippen LogP contribution in [0.5, 0.6) is 6.01 Å². The Hall–Kier alpha value is -1.56. The number of ether oxygens (including phenoxy) is 2. The first-order chi connectivity index (χ1) is 10.1. The number of anilines is 1. The van der Waals surface area contributed by atoms with Gasteiger partial charge in [0, 0.05) is 13.1 Å². The Morgan fingerprint density at radius 3 is 3.05 bits per heavy atom. The molecule has 21 heavy (non-hydrogen) atoms. The number of nitrogens with zero attached hydrogens (tertiary/aromatic N) is 3. The van der Waals surface area contributed by atoms with Crippen LogP contribution in [-0.2, 0) is 9.53 Å². The summed E-state index contributed by atoms with van der Waals surface area (Å²) in [6.45, 7) is 1.35. The quantitative estimate of drug-likeness (QED) is 0.795. The summed E-state index contributed by atoms with van der Waals surface area (Å²) in [5.74, 6) is 0.799. The maximum atomic E-state index is 12.3. The minimum atomic E-state index is -0.420. The summed E-state index contributed by atoms with van der Waals surface area (Å²) in [5.41, 5.74) is -0.420. The van der Waals surface area contributed by atoms with E-state index in [1.165, 1.54) is 20.4 Å². The van der Waals surface area contributed by atoms with Crippen LogP contribution < -0.4 is 9.64 Å². The normalized spacial score (nSPS) is 27.6. The van der Waals surface area contributed by atoms with Gasteiger partial charge in [-0.3, -0.25) is 4.79 Å². The van der Waals surface area contributed by atoms with E-state index in [0.717, 1.165) is 25.8 Å². The van der Waals surface area contributed by atoms with Crippen molar-refractivity contribution < 1.29 is 14.3 Å². The molecule has 1 aliphatic heterocycles. The largest absolute Gasteiger partial charge is 0.469 e. The SMILES string of the molecule is COC(=O)C12CCCC1CN(c1nc(OC)ncc1Cl)C2. The Labute approximate surface area is 128 Å². The number of aromatic nitrogens is 2. The van der Waals surface area contributed by atoms with Crippen molar-refractivity contribution in [1.29, 1.82) is 0 Å². The van der Waals surface area contributed by atoms with Gasteiger partial charge in [-0.25, -0.2) is 4.98 Å². The molecule has 0 aromatic carbocycles. The van der Waals surface area contributed by atoms with E-state index in [9.17, 15) is 4.79 Å². The number of hydrogen-bond donors (Lipinski definition) is 0. The Bertz CT molecular complexity index is 568. The van der Waals surface area contributed by atoms with E-state index < -0.39 is 5.41 Å². The fraction of sp³-hybridized carbons (Fsp3) is 0.643. The van der Waals surface area contributed by atoms with Crippen LogP contribution in [0.15, 0.2) is 6.20 Å². The molecular formula is C14H18ClN3O3. The number of halogens is 1. The molecule has 7 heteroatoms. The molecule has 1 aromatic heterocycles. The molecule has 114 valence electrons. The van der Waals surface area contributed by atoms with Crippen LogP contribution >= 0.6 is 11.6 Å². The maximum Gasteiger partial charge on any atom is 0.318 e. The molecule has 3 rings (SSSR count). The highest BCUT2D eigenvalue weighted by molar-refractivity contribution is 6.32. The van der Waals surface area contributed by atoms with Crippen LogP contribution in [-0.4, -0.2) is 43.2 Å². The van der Waals surface area contributed by atoms with Crippen molar-refractivity contribution in [3.05, 3.63) is 11.2 Å². The van der Waals surface area contributed by atoms with E-state index >= 15 is 0 Å². The lowest BCUT2D eigenvalue weighted by molar-refractivity contribution is -0.152. The van der Waals surface area contributed by atoms with Crippen molar-refractivity contribution in [2.45, 2.75) is 19.3 Å². The second-order valence-corrected chi connectivity index (χ2v) is 6.05. The standard InChI is InChI=1S/C14H18ClN3O3/c1-20-12(19)14-5-3-4-9(14)7-18(8-14)11-10(15)6-16-13(17-11)21-2/h6,9H,3-5,7-8H2,1-2H3. The molecule has 2 unspecified atom stereocenters. The molecule has 0 radical (unpaired) electrons. The Morgan fingerprint density at radius 1 is 1.52 bits per heavy atom. The molecule has 1 saturated heterocycles. The zero-order valence-electron chi connectivity index (χ0n) is 12.1. The van der Waals surface area contributed by atoms with Gasteiger partial charge in [0.05, 0.1) is 25.8 Å². The molecule has 2 aliphatic rings. The van der Waals surface area contributed by atoms with Gasteiger partial charge < -0.3 is 14.4 Å². The number of fused-ring (bicyclic) bond motifs is 1. The van der Waals surface area contributed by atoms with E-state index in [-0.39, 0.29) is 12.0 Å². The van der Waals surface area contributed by atoms with Crippen LogP contribution in [0.2, 0.25) is 5.02 Å². The maximum absolute atomic E-state index is 12.3. The summed E-state index contributed by atoms with van der Waals surface area (Å²) < 4.78 is 10.1. The number of carbonyl (C=O) groups is 1. The van der Waals surface area contributed by atoms with E-state index in [2.05, 4.69) is 9.97 Å². The van der Waals surface area contributed by atoms with Crippen LogP contribution in [0.25, 0.3) is 0 Å². The minimum absolute atomic E-state index is 0.121. The third-order valence-electron chi connectivity index (χ3n) is 4.65. The summed E-state index contributed by atoms with van der Waals surface area (Å²) in [7, 11) is 2.97. The summed E-state index contributed by atoms with van der Waals surface area (Å²) in [6.07, 6.45) is 4.49. The molecule has 0 spiro atoms. The summed E-state index contributed by atoms with van der Waals surface area (Å²) in [4.78, 5) is 22.6. The molecule has 2 fully saturated rings. The third-order valence-corrected chi connectivity index (χ3v) is 4.91. The predicted octanol–water partition coefficient (Wildman–Crippen LogP) is 1.92.